The van der Waals surface area contributed by atoms with Gasteiger partial charge in [-0.25, -0.2) is 9.59 Å². The average Bonchev–Trinajstić information content (AvgIpc) is 2.58. The number of allylic oxidation sites excluding steroid dienone is 2. The molecule has 1 radical (unpaired) electrons. The molecule has 0 atom stereocenters. The predicted molar refractivity (Wildman–Crippen MR) is 109 cm³/mol. The summed E-state index contributed by atoms with van der Waals surface area (Å²) < 4.78 is 10.6. The van der Waals surface area contributed by atoms with Crippen LogP contribution in [0.1, 0.15) is 61.8 Å². The van der Waals surface area contributed by atoms with Crippen molar-refractivity contribution in [3.05, 3.63) is 34.2 Å². The van der Waals surface area contributed by atoms with Crippen molar-refractivity contribution in [2.45, 2.75) is 72.9 Å². The molecule has 2 aliphatic rings. The van der Waals surface area contributed by atoms with Gasteiger partial charge in [0, 0.05) is 22.9 Å². The van der Waals surface area contributed by atoms with Gasteiger partial charge in [0.1, 0.15) is 0 Å². The predicted octanol–water partition coefficient (Wildman–Crippen LogP) is 3.41. The molecule has 2 rings (SSSR count). The Morgan fingerprint density at radius 2 is 1.48 bits per heavy atom. The molecule has 0 aliphatic carbocycles. The van der Waals surface area contributed by atoms with Gasteiger partial charge < -0.3 is 14.8 Å². The molecule has 2 aliphatic heterocycles. The minimum Gasteiger partial charge on any atom is -0.463 e. The Hall–Kier alpha value is -2.12. The lowest BCUT2D eigenvalue weighted by molar-refractivity contribution is -0.263. The van der Waals surface area contributed by atoms with Crippen LogP contribution in [-0.2, 0) is 24.3 Å². The summed E-state index contributed by atoms with van der Waals surface area (Å²) in [6.45, 7) is 14.9. The van der Waals surface area contributed by atoms with Crippen molar-refractivity contribution >= 4 is 11.9 Å². The molecular formula is C22H33N2O5. The zero-order valence-electron chi connectivity index (χ0n) is 18.8. The molecular weight excluding hydrogens is 372 g/mol. The first-order valence-corrected chi connectivity index (χ1v) is 10.1. The summed E-state index contributed by atoms with van der Waals surface area (Å²) in [5.41, 5.74) is 1.41. The molecule has 0 aromatic rings. The van der Waals surface area contributed by atoms with Crippen LogP contribution in [0.5, 0.6) is 0 Å². The monoisotopic (exact) mass is 405 g/mol. The molecule has 0 fully saturated rings. The third kappa shape index (κ3) is 4.41. The zero-order valence-corrected chi connectivity index (χ0v) is 18.8. The summed E-state index contributed by atoms with van der Waals surface area (Å²) in [7, 11) is 0. The molecule has 29 heavy (non-hydrogen) atoms. The van der Waals surface area contributed by atoms with Crippen LogP contribution in [0.2, 0.25) is 0 Å². The van der Waals surface area contributed by atoms with Crippen LogP contribution in [0, 0.1) is 5.92 Å². The highest BCUT2D eigenvalue weighted by molar-refractivity contribution is 5.99. The number of rotatable bonds is 5. The molecule has 0 aromatic heterocycles. The maximum absolute atomic E-state index is 12.9. The molecule has 7 heteroatoms. The number of carbonyl (C=O) groups excluding carboxylic acids is 2. The maximum Gasteiger partial charge on any atom is 0.336 e. The molecule has 0 aromatic carbocycles. The molecule has 0 spiro atoms. The Balaban J connectivity index is 2.71. The van der Waals surface area contributed by atoms with Crippen LogP contribution in [-0.4, -0.2) is 41.3 Å². The van der Waals surface area contributed by atoms with E-state index in [1.54, 1.807) is 27.7 Å². The van der Waals surface area contributed by atoms with Crippen LogP contribution >= 0.6 is 0 Å². The van der Waals surface area contributed by atoms with Gasteiger partial charge >= 0.3 is 11.9 Å². The minimum absolute atomic E-state index is 0.226. The minimum atomic E-state index is -0.788. The normalized spacial score (nSPS) is 22.2. The van der Waals surface area contributed by atoms with Gasteiger partial charge in [0.25, 0.3) is 0 Å². The maximum atomic E-state index is 12.9. The number of nitrogens with zero attached hydrogens (tertiary/aromatic N) is 1. The van der Waals surface area contributed by atoms with Gasteiger partial charge in [-0.2, -0.15) is 0 Å². The smallest absolute Gasteiger partial charge is 0.336 e. The van der Waals surface area contributed by atoms with Gasteiger partial charge in [-0.05, 0) is 61.8 Å². The van der Waals surface area contributed by atoms with E-state index in [1.165, 1.54) is 0 Å². The first-order valence-electron chi connectivity index (χ1n) is 10.1. The zero-order chi connectivity index (χ0) is 22.1. The molecule has 1 N–H and O–H groups in total. The highest BCUT2D eigenvalue weighted by Crippen LogP contribution is 2.45. The largest absolute Gasteiger partial charge is 0.463 e. The van der Waals surface area contributed by atoms with Gasteiger partial charge in [0.2, 0.25) is 0 Å². The molecule has 0 amide bonds. The fraction of sp³-hybridized carbons (Fsp3) is 0.636. The van der Waals surface area contributed by atoms with Gasteiger partial charge in [0.05, 0.1) is 29.9 Å². The van der Waals surface area contributed by atoms with Crippen LogP contribution in [0.15, 0.2) is 34.2 Å². The Morgan fingerprint density at radius 1 is 1.03 bits per heavy atom. The standard InChI is InChI=1S/C22H33N2O5/c1-9-28-19(25)16-13(3)23-14(4)17(20(26)29-10-2)18(16)15-11-21(5,6)24(27)22(7,8)12-15/h11,18,23H,9-10,12H2,1-8H3. The average molecular weight is 406 g/mol. The summed E-state index contributed by atoms with van der Waals surface area (Å²) in [6.07, 6.45) is 2.29. The fourth-order valence-electron chi connectivity index (χ4n) is 4.42. The summed E-state index contributed by atoms with van der Waals surface area (Å²) in [5.74, 6) is -1.57. The number of hydrogen-bond donors (Lipinski definition) is 1. The van der Waals surface area contributed by atoms with Crippen molar-refractivity contribution in [3.8, 4) is 0 Å². The van der Waals surface area contributed by atoms with Crippen LogP contribution < -0.4 is 5.32 Å². The SMILES string of the molecule is CCOC(=O)C1=C(C)NC(C)=C(C(=O)OCC)C1C1=CC(C)(C)N([O])C(C)(C)C1. The second-order valence-electron chi connectivity index (χ2n) is 8.73. The van der Waals surface area contributed by atoms with E-state index in [9.17, 15) is 14.8 Å². The Bertz CT molecular complexity index is 749. The Morgan fingerprint density at radius 3 is 1.86 bits per heavy atom. The number of nitrogens with one attached hydrogen (secondary N) is 1. The molecule has 0 saturated carbocycles. The lowest BCUT2D eigenvalue weighted by atomic mass is 9.72. The third-order valence-electron chi connectivity index (χ3n) is 5.37. The first kappa shape index (κ1) is 23.2. The van der Waals surface area contributed by atoms with Crippen molar-refractivity contribution in [3.63, 3.8) is 0 Å². The van der Waals surface area contributed by atoms with Crippen molar-refractivity contribution in [1.82, 2.24) is 10.4 Å². The fourth-order valence-corrected chi connectivity index (χ4v) is 4.42. The third-order valence-corrected chi connectivity index (χ3v) is 5.37. The van der Waals surface area contributed by atoms with E-state index < -0.39 is 28.9 Å². The van der Waals surface area contributed by atoms with Crippen molar-refractivity contribution in [1.29, 1.82) is 0 Å². The van der Waals surface area contributed by atoms with E-state index >= 15 is 0 Å². The molecule has 0 bridgehead atoms. The van der Waals surface area contributed by atoms with E-state index in [-0.39, 0.29) is 13.2 Å². The highest BCUT2D eigenvalue weighted by atomic mass is 16.5. The molecule has 161 valence electrons. The summed E-state index contributed by atoms with van der Waals surface area (Å²) in [5, 5.41) is 17.0. The number of dihydropyridines is 1. The van der Waals surface area contributed by atoms with E-state index in [1.807, 2.05) is 33.8 Å². The van der Waals surface area contributed by atoms with Crippen molar-refractivity contribution in [2.75, 3.05) is 13.2 Å². The van der Waals surface area contributed by atoms with Gasteiger partial charge in [0.15, 0.2) is 0 Å². The van der Waals surface area contributed by atoms with Crippen molar-refractivity contribution < 1.29 is 24.3 Å². The van der Waals surface area contributed by atoms with Crippen LogP contribution in [0.4, 0.5) is 0 Å². The number of esters is 2. The van der Waals surface area contributed by atoms with Crippen LogP contribution in [0.25, 0.3) is 0 Å². The van der Waals surface area contributed by atoms with E-state index in [0.717, 1.165) is 10.6 Å². The molecule has 7 nitrogen and oxygen atoms in total. The molecule has 0 saturated heterocycles. The van der Waals surface area contributed by atoms with E-state index in [0.29, 0.717) is 29.0 Å². The summed E-state index contributed by atoms with van der Waals surface area (Å²) in [6, 6.07) is 0. The number of hydrogen-bond acceptors (Lipinski definition) is 6. The highest BCUT2D eigenvalue weighted by Gasteiger charge is 2.47. The second-order valence-corrected chi connectivity index (χ2v) is 8.73. The van der Waals surface area contributed by atoms with Crippen LogP contribution in [0.3, 0.4) is 0 Å². The Kier molecular flexibility index (Phi) is 6.65. The van der Waals surface area contributed by atoms with E-state index in [2.05, 4.69) is 5.32 Å². The van der Waals surface area contributed by atoms with Crippen molar-refractivity contribution in [2.24, 2.45) is 5.92 Å². The van der Waals surface area contributed by atoms with Gasteiger partial charge in [-0.3, -0.25) is 0 Å². The molecule has 2 heterocycles. The molecule has 0 unspecified atom stereocenters. The second kappa shape index (κ2) is 8.32. The Labute approximate surface area is 173 Å². The first-order chi connectivity index (χ1) is 13.4. The lowest BCUT2D eigenvalue weighted by Crippen LogP contribution is -2.55. The number of ether oxygens (including phenoxy) is 2. The van der Waals surface area contributed by atoms with Gasteiger partial charge in [-0.15, -0.1) is 10.3 Å². The lowest BCUT2D eigenvalue weighted by Gasteiger charge is -2.47. The van der Waals surface area contributed by atoms with Gasteiger partial charge in [-0.1, -0.05) is 11.6 Å². The topological polar surface area (TPSA) is 87.8 Å². The quantitative estimate of drug-likeness (QED) is 0.557. The summed E-state index contributed by atoms with van der Waals surface area (Å²) in [4.78, 5) is 25.8. The van der Waals surface area contributed by atoms with E-state index in [4.69, 9.17) is 9.47 Å². The summed E-state index contributed by atoms with van der Waals surface area (Å²) >= 11 is 0. The number of hydroxylamine groups is 2. The number of carbonyl (C=O) groups is 2.